The zero-order chi connectivity index (χ0) is 21.3. The van der Waals surface area contributed by atoms with Gasteiger partial charge in [0.1, 0.15) is 5.75 Å². The number of hydrogen-bond donors (Lipinski definition) is 2. The SMILES string of the molecule is Cc1ccc(-c2cc(OC(=O)NC3(CO)CC3)cc(-n3nnnc3C(C)C)c2)cc1. The van der Waals surface area contributed by atoms with Crippen LogP contribution in [0.2, 0.25) is 0 Å². The molecule has 3 aromatic rings. The van der Waals surface area contributed by atoms with E-state index in [1.807, 2.05) is 57.2 Å². The monoisotopic (exact) mass is 407 g/mol. The molecule has 8 nitrogen and oxygen atoms in total. The van der Waals surface area contributed by atoms with Crippen molar-refractivity contribution in [2.24, 2.45) is 0 Å². The number of aliphatic hydroxyl groups is 1. The predicted octanol–water partition coefficient (Wildman–Crippen LogP) is 3.37. The molecule has 2 aromatic carbocycles. The van der Waals surface area contributed by atoms with Gasteiger partial charge in [0.2, 0.25) is 0 Å². The Labute approximate surface area is 174 Å². The van der Waals surface area contributed by atoms with Gasteiger partial charge in [-0.15, -0.1) is 5.10 Å². The van der Waals surface area contributed by atoms with Crippen molar-refractivity contribution >= 4 is 6.09 Å². The number of benzene rings is 2. The Balaban J connectivity index is 1.71. The second-order valence-electron chi connectivity index (χ2n) is 8.14. The van der Waals surface area contributed by atoms with Gasteiger partial charge in [-0.3, -0.25) is 0 Å². The molecular weight excluding hydrogens is 382 g/mol. The molecule has 1 heterocycles. The van der Waals surface area contributed by atoms with Crippen molar-refractivity contribution in [3.63, 3.8) is 0 Å². The smallest absolute Gasteiger partial charge is 0.410 e. The van der Waals surface area contributed by atoms with Crippen molar-refractivity contribution in [1.82, 2.24) is 25.5 Å². The summed E-state index contributed by atoms with van der Waals surface area (Å²) < 4.78 is 7.23. The maximum atomic E-state index is 12.4. The molecule has 0 bridgehead atoms. The molecule has 0 spiro atoms. The van der Waals surface area contributed by atoms with Crippen LogP contribution in [-0.4, -0.2) is 43.6 Å². The van der Waals surface area contributed by atoms with Crippen LogP contribution >= 0.6 is 0 Å². The number of nitrogens with one attached hydrogen (secondary N) is 1. The molecule has 0 unspecified atom stereocenters. The zero-order valence-corrected chi connectivity index (χ0v) is 17.3. The van der Waals surface area contributed by atoms with Gasteiger partial charge in [-0.25, -0.2) is 4.79 Å². The minimum Gasteiger partial charge on any atom is -0.410 e. The fourth-order valence-electron chi connectivity index (χ4n) is 3.24. The lowest BCUT2D eigenvalue weighted by molar-refractivity contribution is 0.178. The molecule has 0 saturated heterocycles. The lowest BCUT2D eigenvalue weighted by Crippen LogP contribution is -2.41. The fraction of sp³-hybridized carbons (Fsp3) is 0.364. The van der Waals surface area contributed by atoms with Gasteiger partial charge in [0, 0.05) is 12.0 Å². The highest BCUT2D eigenvalue weighted by atomic mass is 16.6. The number of rotatable bonds is 6. The van der Waals surface area contributed by atoms with Crippen LogP contribution in [-0.2, 0) is 0 Å². The van der Waals surface area contributed by atoms with Crippen LogP contribution in [0.3, 0.4) is 0 Å². The number of aromatic nitrogens is 4. The number of tetrazole rings is 1. The Hall–Kier alpha value is -3.26. The van der Waals surface area contributed by atoms with E-state index >= 15 is 0 Å². The molecular formula is C22H25N5O3. The molecule has 4 rings (SSSR count). The summed E-state index contributed by atoms with van der Waals surface area (Å²) in [6, 6.07) is 13.6. The summed E-state index contributed by atoms with van der Waals surface area (Å²) in [6.45, 7) is 5.96. The van der Waals surface area contributed by atoms with E-state index in [2.05, 4.69) is 20.8 Å². The molecule has 1 aromatic heterocycles. The number of aryl methyl sites for hydroxylation is 1. The normalized spacial score (nSPS) is 14.6. The largest absolute Gasteiger partial charge is 0.413 e. The standard InChI is InChI=1S/C22H25N5O3/c1-14(2)20-24-25-26-27(20)18-10-17(16-6-4-15(3)5-7-16)11-19(12-18)30-21(29)23-22(13-28)8-9-22/h4-7,10-12,14,28H,8-9,13H2,1-3H3,(H,23,29). The van der Waals surface area contributed by atoms with Gasteiger partial charge in [-0.2, -0.15) is 4.68 Å². The van der Waals surface area contributed by atoms with E-state index in [1.165, 1.54) is 0 Å². The van der Waals surface area contributed by atoms with E-state index in [0.717, 1.165) is 29.5 Å². The van der Waals surface area contributed by atoms with Gasteiger partial charge in [-0.05, 0) is 53.5 Å². The summed E-state index contributed by atoms with van der Waals surface area (Å²) in [5, 5.41) is 24.3. The molecule has 0 atom stereocenters. The molecule has 2 N–H and O–H groups in total. The van der Waals surface area contributed by atoms with E-state index in [9.17, 15) is 9.90 Å². The van der Waals surface area contributed by atoms with Gasteiger partial charge >= 0.3 is 6.09 Å². The van der Waals surface area contributed by atoms with E-state index in [-0.39, 0.29) is 12.5 Å². The predicted molar refractivity (Wildman–Crippen MR) is 112 cm³/mol. The average Bonchev–Trinajstić information content (AvgIpc) is 3.30. The molecule has 8 heteroatoms. The fourth-order valence-corrected chi connectivity index (χ4v) is 3.24. The molecule has 30 heavy (non-hydrogen) atoms. The number of carbonyl (C=O) groups excluding carboxylic acids is 1. The molecule has 0 aliphatic heterocycles. The quantitative estimate of drug-likeness (QED) is 0.649. The maximum Gasteiger partial charge on any atom is 0.413 e. The Morgan fingerprint density at radius 2 is 1.93 bits per heavy atom. The number of ether oxygens (including phenoxy) is 1. The molecule has 1 fully saturated rings. The van der Waals surface area contributed by atoms with Gasteiger partial charge < -0.3 is 15.2 Å². The summed E-state index contributed by atoms with van der Waals surface area (Å²) in [5.41, 5.74) is 3.18. The molecule has 156 valence electrons. The molecule has 1 saturated carbocycles. The summed E-state index contributed by atoms with van der Waals surface area (Å²) in [6.07, 6.45) is 0.903. The Kier molecular flexibility index (Phi) is 5.26. The highest BCUT2D eigenvalue weighted by Crippen LogP contribution is 2.35. The van der Waals surface area contributed by atoms with Gasteiger partial charge in [-0.1, -0.05) is 43.7 Å². The van der Waals surface area contributed by atoms with Gasteiger partial charge in [0.25, 0.3) is 0 Å². The van der Waals surface area contributed by atoms with Crippen LogP contribution in [0.4, 0.5) is 4.79 Å². The second-order valence-corrected chi connectivity index (χ2v) is 8.14. The Morgan fingerprint density at radius 3 is 2.57 bits per heavy atom. The van der Waals surface area contributed by atoms with Crippen molar-refractivity contribution in [2.75, 3.05) is 6.61 Å². The van der Waals surface area contributed by atoms with Crippen LogP contribution in [0.5, 0.6) is 5.75 Å². The lowest BCUT2D eigenvalue weighted by Gasteiger charge is -2.16. The number of aliphatic hydroxyl groups excluding tert-OH is 1. The maximum absolute atomic E-state index is 12.4. The van der Waals surface area contributed by atoms with E-state index in [1.54, 1.807) is 10.7 Å². The topological polar surface area (TPSA) is 102 Å². The highest BCUT2D eigenvalue weighted by molar-refractivity contribution is 5.74. The minimum absolute atomic E-state index is 0.0981. The third-order valence-electron chi connectivity index (χ3n) is 5.26. The van der Waals surface area contributed by atoms with Crippen LogP contribution in [0.25, 0.3) is 16.8 Å². The van der Waals surface area contributed by atoms with Crippen LogP contribution in [0.15, 0.2) is 42.5 Å². The number of hydrogen-bond acceptors (Lipinski definition) is 6. The summed E-state index contributed by atoms with van der Waals surface area (Å²) in [5.74, 6) is 1.21. The summed E-state index contributed by atoms with van der Waals surface area (Å²) >= 11 is 0. The third kappa shape index (κ3) is 4.18. The first-order valence-corrected chi connectivity index (χ1v) is 10.0. The van der Waals surface area contributed by atoms with Crippen LogP contribution < -0.4 is 10.1 Å². The van der Waals surface area contributed by atoms with E-state index in [0.29, 0.717) is 17.3 Å². The Morgan fingerprint density at radius 1 is 1.20 bits per heavy atom. The molecule has 0 radical (unpaired) electrons. The molecule has 1 aliphatic rings. The lowest BCUT2D eigenvalue weighted by atomic mass is 10.0. The van der Waals surface area contributed by atoms with Crippen molar-refractivity contribution in [1.29, 1.82) is 0 Å². The van der Waals surface area contributed by atoms with Crippen molar-refractivity contribution in [3.8, 4) is 22.6 Å². The van der Waals surface area contributed by atoms with E-state index < -0.39 is 11.6 Å². The summed E-state index contributed by atoms with van der Waals surface area (Å²) in [7, 11) is 0. The van der Waals surface area contributed by atoms with Crippen molar-refractivity contribution < 1.29 is 14.6 Å². The number of carbonyl (C=O) groups is 1. The van der Waals surface area contributed by atoms with Crippen LogP contribution in [0, 0.1) is 6.92 Å². The van der Waals surface area contributed by atoms with Gasteiger partial charge in [0.15, 0.2) is 5.82 Å². The van der Waals surface area contributed by atoms with E-state index in [4.69, 9.17) is 4.74 Å². The molecule has 1 amide bonds. The first kappa shape index (κ1) is 20.0. The first-order chi connectivity index (χ1) is 14.4. The summed E-state index contributed by atoms with van der Waals surface area (Å²) in [4.78, 5) is 12.4. The Bertz CT molecular complexity index is 1050. The number of amides is 1. The van der Waals surface area contributed by atoms with Crippen LogP contribution in [0.1, 0.15) is 44.0 Å². The molecule has 1 aliphatic carbocycles. The second kappa shape index (κ2) is 7.87. The average molecular weight is 407 g/mol. The van der Waals surface area contributed by atoms with Crippen molar-refractivity contribution in [2.45, 2.75) is 45.1 Å². The minimum atomic E-state index is -0.589. The highest BCUT2D eigenvalue weighted by Gasteiger charge is 2.44. The van der Waals surface area contributed by atoms with Gasteiger partial charge in [0.05, 0.1) is 17.8 Å². The zero-order valence-electron chi connectivity index (χ0n) is 17.3. The number of nitrogens with zero attached hydrogens (tertiary/aromatic N) is 4. The first-order valence-electron chi connectivity index (χ1n) is 10.0. The van der Waals surface area contributed by atoms with Crippen molar-refractivity contribution in [3.05, 3.63) is 53.9 Å². The third-order valence-corrected chi connectivity index (χ3v) is 5.26.